The lowest BCUT2D eigenvalue weighted by atomic mass is 10.1. The number of aldehydes is 1. The second-order valence-electron chi connectivity index (χ2n) is 15.4. The fourth-order valence-electron chi connectivity index (χ4n) is 6.19. The monoisotopic (exact) mass is 855 g/mol. The zero-order valence-corrected chi connectivity index (χ0v) is 39.0. The summed E-state index contributed by atoms with van der Waals surface area (Å²) in [5, 5.41) is 9.04. The van der Waals surface area contributed by atoms with Gasteiger partial charge in [-0.05, 0) is 125 Å². The number of carbonyl (C=O) groups is 2. The maximum Gasteiger partial charge on any atom is 0.337 e. The molecule has 7 heteroatoms. The van der Waals surface area contributed by atoms with Gasteiger partial charge < -0.3 is 24.1 Å². The molecule has 0 saturated heterocycles. The van der Waals surface area contributed by atoms with Crippen LogP contribution < -0.4 is 14.2 Å². The standard InChI is InChI=1S/C19H28O3.C18H28O2.C18H26O2/c1-3-4-5-6-7-8-9-10-11-15-22-18-14-12-13-17(16-18)19(20)21-2;2*1-2-3-4-5-6-7-8-9-10-14-20-18-13-11-12-17(15-18)16-19/h8-9,12-14,16H,3-7,10-11,15H2,1-2H3;7-8,11-13,15,19H,2-6,9-10,14,16H2,1H3;7-8,11-13,15-16H,2-6,9-10,14H2,1H3/b9-8-;2*8-7-. The van der Waals surface area contributed by atoms with E-state index in [1.165, 1.54) is 103 Å². The summed E-state index contributed by atoms with van der Waals surface area (Å²) in [5.74, 6) is 2.00. The lowest BCUT2D eigenvalue weighted by Gasteiger charge is -2.06. The van der Waals surface area contributed by atoms with Crippen molar-refractivity contribution in [3.8, 4) is 17.2 Å². The van der Waals surface area contributed by atoms with Crippen molar-refractivity contribution in [3.05, 3.63) is 126 Å². The predicted molar refractivity (Wildman–Crippen MR) is 260 cm³/mol. The number of methoxy groups -OCH3 is 1. The minimum absolute atomic E-state index is 0.0674. The Balaban J connectivity index is 0.000000466. The van der Waals surface area contributed by atoms with Crippen LogP contribution in [0.2, 0.25) is 0 Å². The second-order valence-corrected chi connectivity index (χ2v) is 15.4. The van der Waals surface area contributed by atoms with Crippen LogP contribution in [0.5, 0.6) is 17.2 Å². The highest BCUT2D eigenvalue weighted by Gasteiger charge is 2.06. The van der Waals surface area contributed by atoms with E-state index >= 15 is 0 Å². The van der Waals surface area contributed by atoms with Crippen LogP contribution >= 0.6 is 0 Å². The molecule has 0 atom stereocenters. The van der Waals surface area contributed by atoms with Crippen molar-refractivity contribution in [2.75, 3.05) is 26.9 Å². The average molecular weight is 855 g/mol. The first-order valence-corrected chi connectivity index (χ1v) is 23.8. The second kappa shape index (κ2) is 41.7. The molecule has 0 unspecified atom stereocenters. The number of unbranched alkanes of at least 4 members (excludes halogenated alkanes) is 15. The van der Waals surface area contributed by atoms with Crippen molar-refractivity contribution in [1.82, 2.24) is 0 Å². The van der Waals surface area contributed by atoms with E-state index in [1.807, 2.05) is 42.5 Å². The van der Waals surface area contributed by atoms with Crippen molar-refractivity contribution in [2.45, 2.75) is 162 Å². The number of aliphatic hydroxyl groups excluding tert-OH is 1. The molecule has 0 amide bonds. The van der Waals surface area contributed by atoms with E-state index in [0.29, 0.717) is 30.1 Å². The van der Waals surface area contributed by atoms with Crippen LogP contribution in [-0.4, -0.2) is 44.3 Å². The predicted octanol–water partition coefficient (Wildman–Crippen LogP) is 15.2. The molecule has 3 rings (SSSR count). The van der Waals surface area contributed by atoms with Gasteiger partial charge in [-0.15, -0.1) is 0 Å². The molecule has 62 heavy (non-hydrogen) atoms. The number of carbonyl (C=O) groups excluding carboxylic acids is 2. The van der Waals surface area contributed by atoms with Crippen LogP contribution in [0.15, 0.2) is 109 Å². The van der Waals surface area contributed by atoms with Gasteiger partial charge in [0.2, 0.25) is 0 Å². The van der Waals surface area contributed by atoms with E-state index in [0.717, 1.165) is 68.5 Å². The molecule has 0 spiro atoms. The Labute approximate surface area is 377 Å². The molecular weight excluding hydrogens is 773 g/mol. The topological polar surface area (TPSA) is 91.3 Å². The molecule has 0 aliphatic heterocycles. The summed E-state index contributed by atoms with van der Waals surface area (Å²) in [6.07, 6.45) is 40.1. The molecule has 0 saturated carbocycles. The van der Waals surface area contributed by atoms with E-state index in [2.05, 4.69) is 57.2 Å². The molecule has 1 N–H and O–H groups in total. The number of hydrogen-bond donors (Lipinski definition) is 1. The number of hydrogen-bond acceptors (Lipinski definition) is 7. The summed E-state index contributed by atoms with van der Waals surface area (Å²) in [6.45, 7) is 8.86. The molecular formula is C55H82O7. The highest BCUT2D eigenvalue weighted by atomic mass is 16.5. The lowest BCUT2D eigenvalue weighted by molar-refractivity contribution is 0.0600. The normalized spacial score (nSPS) is 10.9. The smallest absolute Gasteiger partial charge is 0.337 e. The van der Waals surface area contributed by atoms with Crippen LogP contribution in [0.1, 0.15) is 182 Å². The first kappa shape index (κ1) is 55.4. The molecule has 3 aromatic carbocycles. The first-order valence-electron chi connectivity index (χ1n) is 23.8. The van der Waals surface area contributed by atoms with Gasteiger partial charge in [0.25, 0.3) is 0 Å². The number of rotatable bonds is 33. The number of esters is 1. The average Bonchev–Trinajstić information content (AvgIpc) is 3.31. The van der Waals surface area contributed by atoms with E-state index < -0.39 is 0 Å². The SMILES string of the molecule is CCCCCC/C=C\CCCOc1cccc(C(=O)OC)c1.CCCCCC/C=C\CCCOc1cccc(C=O)c1.CCCCCC/C=C\CCCOc1cccc(CO)c1. The van der Waals surface area contributed by atoms with Gasteiger partial charge in [-0.3, -0.25) is 4.79 Å². The van der Waals surface area contributed by atoms with Gasteiger partial charge in [-0.2, -0.15) is 0 Å². The van der Waals surface area contributed by atoms with E-state index in [-0.39, 0.29) is 12.6 Å². The van der Waals surface area contributed by atoms with Crippen LogP contribution in [0.3, 0.4) is 0 Å². The third-order valence-electron chi connectivity index (χ3n) is 9.85. The Morgan fingerprint density at radius 1 is 0.500 bits per heavy atom. The molecule has 344 valence electrons. The molecule has 0 aliphatic rings. The summed E-state index contributed by atoms with van der Waals surface area (Å²) >= 11 is 0. The highest BCUT2D eigenvalue weighted by molar-refractivity contribution is 5.89. The van der Waals surface area contributed by atoms with E-state index in [1.54, 1.807) is 30.3 Å². The maximum atomic E-state index is 11.4. The van der Waals surface area contributed by atoms with E-state index in [4.69, 9.17) is 24.1 Å². The Morgan fingerprint density at radius 2 is 0.903 bits per heavy atom. The number of aliphatic hydroxyl groups is 1. The summed E-state index contributed by atoms with van der Waals surface area (Å²) in [4.78, 5) is 22.1. The minimum Gasteiger partial charge on any atom is -0.494 e. The fraction of sp³-hybridized carbons (Fsp3) is 0.527. The Hall–Kier alpha value is -4.62. The molecule has 7 nitrogen and oxygen atoms in total. The van der Waals surface area contributed by atoms with Crippen molar-refractivity contribution >= 4 is 12.3 Å². The Morgan fingerprint density at radius 3 is 1.32 bits per heavy atom. The van der Waals surface area contributed by atoms with Crippen LogP contribution in [-0.2, 0) is 11.3 Å². The molecule has 0 fully saturated rings. The Kier molecular flexibility index (Phi) is 37.3. The zero-order valence-electron chi connectivity index (χ0n) is 39.0. The number of allylic oxidation sites excluding steroid dienone is 6. The third kappa shape index (κ3) is 32.1. The summed E-state index contributed by atoms with van der Waals surface area (Å²) in [6, 6.07) is 22.0. The van der Waals surface area contributed by atoms with Gasteiger partial charge in [0.15, 0.2) is 0 Å². The molecule has 0 bridgehead atoms. The molecule has 3 aromatic rings. The fourth-order valence-corrected chi connectivity index (χ4v) is 6.19. The van der Waals surface area contributed by atoms with Gasteiger partial charge in [-0.25, -0.2) is 4.79 Å². The molecule has 0 aliphatic carbocycles. The van der Waals surface area contributed by atoms with Gasteiger partial charge in [0, 0.05) is 5.56 Å². The summed E-state index contributed by atoms with van der Waals surface area (Å²) in [5.41, 5.74) is 2.08. The minimum atomic E-state index is -0.337. The van der Waals surface area contributed by atoms with Crippen molar-refractivity contribution in [3.63, 3.8) is 0 Å². The Bertz CT molecular complexity index is 1590. The maximum absolute atomic E-state index is 11.4. The van der Waals surface area contributed by atoms with Crippen LogP contribution in [0, 0.1) is 0 Å². The third-order valence-corrected chi connectivity index (χ3v) is 9.85. The van der Waals surface area contributed by atoms with Crippen molar-refractivity contribution in [2.24, 2.45) is 0 Å². The van der Waals surface area contributed by atoms with Gasteiger partial charge in [0.1, 0.15) is 23.5 Å². The molecule has 0 aromatic heterocycles. The number of ether oxygens (including phenoxy) is 4. The highest BCUT2D eigenvalue weighted by Crippen LogP contribution is 2.16. The van der Waals surface area contributed by atoms with Gasteiger partial charge in [0.05, 0.1) is 39.1 Å². The zero-order chi connectivity index (χ0) is 45.0. The van der Waals surface area contributed by atoms with Gasteiger partial charge >= 0.3 is 5.97 Å². The molecule has 0 radical (unpaired) electrons. The lowest BCUT2D eigenvalue weighted by Crippen LogP contribution is -2.02. The van der Waals surface area contributed by atoms with Crippen LogP contribution in [0.4, 0.5) is 0 Å². The van der Waals surface area contributed by atoms with E-state index in [9.17, 15) is 9.59 Å². The molecule has 0 heterocycles. The van der Waals surface area contributed by atoms with Crippen molar-refractivity contribution < 1.29 is 33.6 Å². The first-order chi connectivity index (χ1) is 30.5. The number of benzene rings is 3. The van der Waals surface area contributed by atoms with Gasteiger partial charge in [-0.1, -0.05) is 145 Å². The summed E-state index contributed by atoms with van der Waals surface area (Å²) < 4.78 is 21.6. The van der Waals surface area contributed by atoms with Crippen LogP contribution in [0.25, 0.3) is 0 Å². The van der Waals surface area contributed by atoms with Crippen molar-refractivity contribution in [1.29, 1.82) is 0 Å². The quantitative estimate of drug-likeness (QED) is 0.0282. The largest absolute Gasteiger partial charge is 0.494 e. The summed E-state index contributed by atoms with van der Waals surface area (Å²) in [7, 11) is 1.38.